The zero-order valence-corrected chi connectivity index (χ0v) is 18.4. The Kier molecular flexibility index (Phi) is 4.70. The largest absolute Gasteiger partial charge is 0.369 e. The average molecular weight is 423 g/mol. The fraction of sp³-hybridized carbons (Fsp3) is 0.222. The van der Waals surface area contributed by atoms with E-state index in [0.29, 0.717) is 23.1 Å². The number of amides is 1. The molecule has 0 unspecified atom stereocenters. The molecule has 1 saturated carbocycles. The fourth-order valence-electron chi connectivity index (χ4n) is 4.16. The second kappa shape index (κ2) is 7.45. The van der Waals surface area contributed by atoms with E-state index in [1.807, 2.05) is 34.9 Å². The zero-order chi connectivity index (χ0) is 22.5. The lowest BCUT2D eigenvalue weighted by molar-refractivity contribution is -0.123. The minimum absolute atomic E-state index is 0.452. The Morgan fingerprint density at radius 3 is 2.28 bits per heavy atom. The Balaban J connectivity index is 1.80. The van der Waals surface area contributed by atoms with Crippen molar-refractivity contribution in [1.29, 1.82) is 0 Å². The van der Waals surface area contributed by atoms with Crippen molar-refractivity contribution in [1.82, 2.24) is 14.8 Å². The Bertz CT molecular complexity index is 1350. The SMILES string of the molecule is C=C(c1nnc(-c2ccccc2)n1-c1ccc(C2CC2)c2ccccc12)C(C)(C)C(N)=O. The van der Waals surface area contributed by atoms with Crippen molar-refractivity contribution in [3.8, 4) is 17.1 Å². The van der Waals surface area contributed by atoms with Gasteiger partial charge in [-0.15, -0.1) is 10.2 Å². The van der Waals surface area contributed by atoms with Crippen LogP contribution in [0.4, 0.5) is 0 Å². The normalized spacial score (nSPS) is 13.9. The standard InChI is InChI=1S/C27H26N4O/c1-17(27(2,3)26(28)32)24-29-30-25(19-9-5-4-6-10-19)31(24)23-16-15-20(18-13-14-18)21-11-7-8-12-22(21)23/h4-12,15-16,18H,1,13-14H2,2-3H3,(H2,28,32). The quantitative estimate of drug-likeness (QED) is 0.446. The van der Waals surface area contributed by atoms with E-state index in [4.69, 9.17) is 5.73 Å². The van der Waals surface area contributed by atoms with Gasteiger partial charge < -0.3 is 5.73 Å². The third-order valence-corrected chi connectivity index (χ3v) is 6.53. The summed E-state index contributed by atoms with van der Waals surface area (Å²) in [6.45, 7) is 7.76. The van der Waals surface area contributed by atoms with Crippen LogP contribution in [0.3, 0.4) is 0 Å². The van der Waals surface area contributed by atoms with Gasteiger partial charge in [-0.25, -0.2) is 0 Å². The van der Waals surface area contributed by atoms with E-state index < -0.39 is 11.3 Å². The highest BCUT2D eigenvalue weighted by atomic mass is 16.1. The number of fused-ring (bicyclic) bond motifs is 1. The lowest BCUT2D eigenvalue weighted by atomic mass is 9.83. The van der Waals surface area contributed by atoms with Crippen molar-refractivity contribution < 1.29 is 4.79 Å². The number of hydrogen-bond acceptors (Lipinski definition) is 3. The van der Waals surface area contributed by atoms with Gasteiger partial charge in [-0.3, -0.25) is 9.36 Å². The Labute approximate surface area is 187 Å². The molecular weight excluding hydrogens is 396 g/mol. The molecule has 1 heterocycles. The van der Waals surface area contributed by atoms with Crippen molar-refractivity contribution in [2.45, 2.75) is 32.6 Å². The van der Waals surface area contributed by atoms with Crippen LogP contribution in [0, 0.1) is 5.41 Å². The van der Waals surface area contributed by atoms with Crippen LogP contribution in [-0.4, -0.2) is 20.7 Å². The number of benzene rings is 3. The number of nitrogens with zero attached hydrogens (tertiary/aromatic N) is 3. The van der Waals surface area contributed by atoms with Gasteiger partial charge in [0.25, 0.3) is 0 Å². The predicted octanol–water partition coefficient (Wildman–Crippen LogP) is 5.49. The summed E-state index contributed by atoms with van der Waals surface area (Å²) in [7, 11) is 0. The molecular formula is C27H26N4O. The molecule has 5 heteroatoms. The molecule has 5 rings (SSSR count). The maximum absolute atomic E-state index is 12.2. The van der Waals surface area contributed by atoms with Gasteiger partial charge in [0.15, 0.2) is 11.6 Å². The first-order valence-electron chi connectivity index (χ1n) is 10.9. The first kappa shape index (κ1) is 20.2. The van der Waals surface area contributed by atoms with Gasteiger partial charge in [0.05, 0.1) is 11.1 Å². The van der Waals surface area contributed by atoms with E-state index in [1.165, 1.54) is 23.8 Å². The van der Waals surface area contributed by atoms with E-state index in [9.17, 15) is 4.79 Å². The number of primary amides is 1. The van der Waals surface area contributed by atoms with E-state index in [2.05, 4.69) is 53.2 Å². The Hall–Kier alpha value is -3.73. The van der Waals surface area contributed by atoms with Gasteiger partial charge in [-0.05, 0) is 49.6 Å². The van der Waals surface area contributed by atoms with Crippen molar-refractivity contribution in [3.63, 3.8) is 0 Å². The second-order valence-electron chi connectivity index (χ2n) is 9.01. The molecule has 5 nitrogen and oxygen atoms in total. The van der Waals surface area contributed by atoms with Gasteiger partial charge in [-0.2, -0.15) is 0 Å². The number of aromatic nitrogens is 3. The Morgan fingerprint density at radius 2 is 1.62 bits per heavy atom. The van der Waals surface area contributed by atoms with Crippen LogP contribution in [0.5, 0.6) is 0 Å². The summed E-state index contributed by atoms with van der Waals surface area (Å²) >= 11 is 0. The molecule has 1 amide bonds. The van der Waals surface area contributed by atoms with E-state index in [0.717, 1.165) is 16.6 Å². The van der Waals surface area contributed by atoms with Crippen LogP contribution in [0.2, 0.25) is 0 Å². The van der Waals surface area contributed by atoms with Gasteiger partial charge in [0.2, 0.25) is 5.91 Å². The molecule has 1 aromatic heterocycles. The molecule has 2 N–H and O–H groups in total. The second-order valence-corrected chi connectivity index (χ2v) is 9.01. The van der Waals surface area contributed by atoms with Gasteiger partial charge >= 0.3 is 0 Å². The van der Waals surface area contributed by atoms with Crippen LogP contribution in [-0.2, 0) is 4.79 Å². The highest BCUT2D eigenvalue weighted by Gasteiger charge is 2.34. The molecule has 0 aliphatic heterocycles. The lowest BCUT2D eigenvalue weighted by Crippen LogP contribution is -2.33. The maximum atomic E-state index is 12.2. The summed E-state index contributed by atoms with van der Waals surface area (Å²) in [6.07, 6.45) is 2.47. The predicted molar refractivity (Wildman–Crippen MR) is 128 cm³/mol. The first-order valence-corrected chi connectivity index (χ1v) is 10.9. The maximum Gasteiger partial charge on any atom is 0.227 e. The summed E-state index contributed by atoms with van der Waals surface area (Å²) in [5, 5.41) is 11.4. The molecule has 3 aromatic carbocycles. The third kappa shape index (κ3) is 3.21. The van der Waals surface area contributed by atoms with E-state index >= 15 is 0 Å². The highest BCUT2D eigenvalue weighted by molar-refractivity contribution is 5.96. The minimum Gasteiger partial charge on any atom is -0.369 e. The number of carbonyl (C=O) groups is 1. The number of carbonyl (C=O) groups excluding carboxylic acids is 1. The average Bonchev–Trinajstić information content (AvgIpc) is 3.56. The number of hydrogen-bond donors (Lipinski definition) is 1. The molecule has 160 valence electrons. The molecule has 0 atom stereocenters. The van der Waals surface area contributed by atoms with E-state index in [-0.39, 0.29) is 0 Å². The molecule has 1 aliphatic carbocycles. The van der Waals surface area contributed by atoms with Crippen LogP contribution in [0.15, 0.2) is 73.3 Å². The molecule has 1 fully saturated rings. The van der Waals surface area contributed by atoms with E-state index in [1.54, 1.807) is 13.8 Å². The monoisotopic (exact) mass is 422 g/mol. The summed E-state index contributed by atoms with van der Waals surface area (Å²) in [5.74, 6) is 1.42. The van der Waals surface area contributed by atoms with Crippen molar-refractivity contribution in [2.24, 2.45) is 11.1 Å². The first-order chi connectivity index (χ1) is 15.4. The fourth-order valence-corrected chi connectivity index (χ4v) is 4.16. The zero-order valence-electron chi connectivity index (χ0n) is 18.4. The van der Waals surface area contributed by atoms with Crippen LogP contribution >= 0.6 is 0 Å². The van der Waals surface area contributed by atoms with Crippen LogP contribution in [0.25, 0.3) is 33.4 Å². The number of nitrogens with two attached hydrogens (primary N) is 1. The third-order valence-electron chi connectivity index (χ3n) is 6.53. The van der Waals surface area contributed by atoms with Crippen molar-refractivity contribution >= 4 is 22.3 Å². The summed E-state index contributed by atoms with van der Waals surface area (Å²) in [4.78, 5) is 12.2. The van der Waals surface area contributed by atoms with Crippen LogP contribution < -0.4 is 5.73 Å². The summed E-state index contributed by atoms with van der Waals surface area (Å²) in [6, 6.07) is 22.7. The molecule has 0 bridgehead atoms. The summed E-state index contributed by atoms with van der Waals surface area (Å²) < 4.78 is 2.02. The van der Waals surface area contributed by atoms with Crippen LogP contribution in [0.1, 0.15) is 44.0 Å². The highest BCUT2D eigenvalue weighted by Crippen LogP contribution is 2.45. The van der Waals surface area contributed by atoms with Crippen molar-refractivity contribution in [2.75, 3.05) is 0 Å². The topological polar surface area (TPSA) is 73.8 Å². The smallest absolute Gasteiger partial charge is 0.227 e. The van der Waals surface area contributed by atoms with Crippen molar-refractivity contribution in [3.05, 3.63) is 84.7 Å². The molecule has 1 aliphatic rings. The molecule has 32 heavy (non-hydrogen) atoms. The van der Waals surface area contributed by atoms with Gasteiger partial charge in [0, 0.05) is 16.5 Å². The Morgan fingerprint density at radius 1 is 0.969 bits per heavy atom. The molecule has 0 saturated heterocycles. The lowest BCUT2D eigenvalue weighted by Gasteiger charge is -2.24. The number of rotatable bonds is 6. The molecule has 0 radical (unpaired) electrons. The van der Waals surface area contributed by atoms with Gasteiger partial charge in [0.1, 0.15) is 0 Å². The molecule has 0 spiro atoms. The van der Waals surface area contributed by atoms with Gasteiger partial charge in [-0.1, -0.05) is 67.2 Å². The summed E-state index contributed by atoms with van der Waals surface area (Å²) in [5.41, 5.74) is 8.56. The minimum atomic E-state index is -0.970. The molecule has 4 aromatic rings.